The molecule has 1 aromatic rings. The van der Waals surface area contributed by atoms with Crippen molar-refractivity contribution in [3.05, 3.63) is 55.1 Å². The third-order valence-electron chi connectivity index (χ3n) is 3.23. The second-order valence-electron chi connectivity index (χ2n) is 4.97. The van der Waals surface area contributed by atoms with Crippen molar-refractivity contribution < 1.29 is 17.9 Å². The van der Waals surface area contributed by atoms with Gasteiger partial charge in [-0.1, -0.05) is 29.8 Å². The Labute approximate surface area is 138 Å². The zero-order valence-electron chi connectivity index (χ0n) is 13.6. The van der Waals surface area contributed by atoms with Crippen molar-refractivity contribution in [3.8, 4) is 0 Å². The lowest BCUT2D eigenvalue weighted by atomic mass is 10.2. The number of nitrogens with zero attached hydrogens (tertiary/aromatic N) is 1. The first-order chi connectivity index (χ1) is 10.9. The van der Waals surface area contributed by atoms with Crippen LogP contribution in [-0.4, -0.2) is 37.9 Å². The molecule has 0 amide bonds. The monoisotopic (exact) mass is 337 g/mol. The molecule has 0 N–H and O–H groups in total. The molecule has 0 saturated carbocycles. The lowest BCUT2D eigenvalue weighted by Crippen LogP contribution is -2.45. The summed E-state index contributed by atoms with van der Waals surface area (Å²) in [5.74, 6) is -0.593. The molecule has 0 radical (unpaired) electrons. The fraction of sp³-hybridized carbons (Fsp3) is 0.353. The van der Waals surface area contributed by atoms with Gasteiger partial charge in [0.1, 0.15) is 6.04 Å². The normalized spacial score (nSPS) is 12.7. The first-order valence-electron chi connectivity index (χ1n) is 7.35. The third kappa shape index (κ3) is 4.77. The minimum atomic E-state index is -3.85. The van der Waals surface area contributed by atoms with Gasteiger partial charge in [-0.25, -0.2) is 8.42 Å². The van der Waals surface area contributed by atoms with E-state index in [0.29, 0.717) is 0 Å². The minimum absolute atomic E-state index is 0.00747. The average Bonchev–Trinajstić information content (AvgIpc) is 2.51. The third-order valence-corrected chi connectivity index (χ3v) is 5.12. The van der Waals surface area contributed by atoms with E-state index in [0.717, 1.165) is 9.87 Å². The molecule has 1 aromatic carbocycles. The maximum atomic E-state index is 12.9. The molecular formula is C17H23NO4S. The molecule has 6 heteroatoms. The molecule has 1 unspecified atom stereocenters. The van der Waals surface area contributed by atoms with E-state index < -0.39 is 22.0 Å². The van der Waals surface area contributed by atoms with E-state index in [9.17, 15) is 13.2 Å². The quantitative estimate of drug-likeness (QED) is 0.513. The van der Waals surface area contributed by atoms with Gasteiger partial charge in [0.2, 0.25) is 10.0 Å². The van der Waals surface area contributed by atoms with Crippen LogP contribution in [0.4, 0.5) is 0 Å². The predicted octanol–water partition coefficient (Wildman–Crippen LogP) is 2.68. The van der Waals surface area contributed by atoms with Crippen LogP contribution in [0.2, 0.25) is 0 Å². The topological polar surface area (TPSA) is 63.7 Å². The van der Waals surface area contributed by atoms with Gasteiger partial charge < -0.3 is 4.74 Å². The number of esters is 1. The summed E-state index contributed by atoms with van der Waals surface area (Å²) in [7, 11) is -3.85. The van der Waals surface area contributed by atoms with E-state index in [1.165, 1.54) is 24.3 Å². The summed E-state index contributed by atoms with van der Waals surface area (Å²) in [5.41, 5.74) is 0.951. The molecule has 0 heterocycles. The molecule has 23 heavy (non-hydrogen) atoms. The molecule has 1 rings (SSSR count). The summed E-state index contributed by atoms with van der Waals surface area (Å²) < 4.78 is 31.9. The number of ether oxygens (including phenoxy) is 1. The van der Waals surface area contributed by atoms with Crippen LogP contribution in [0.15, 0.2) is 54.5 Å². The Hall–Kier alpha value is -1.92. The zero-order chi connectivity index (χ0) is 17.5. The van der Waals surface area contributed by atoms with E-state index in [4.69, 9.17) is 4.74 Å². The molecule has 0 aliphatic rings. The number of rotatable bonds is 9. The summed E-state index contributed by atoms with van der Waals surface area (Å²) in [4.78, 5) is 12.3. The van der Waals surface area contributed by atoms with Crippen molar-refractivity contribution in [1.29, 1.82) is 0 Å². The summed E-state index contributed by atoms with van der Waals surface area (Å²) in [6, 6.07) is 5.52. The van der Waals surface area contributed by atoms with Crippen LogP contribution in [0, 0.1) is 6.92 Å². The Kier molecular flexibility index (Phi) is 7.19. The van der Waals surface area contributed by atoms with Gasteiger partial charge in [0.05, 0.1) is 11.5 Å². The molecular weight excluding hydrogens is 314 g/mol. The van der Waals surface area contributed by atoms with Crippen LogP contribution >= 0.6 is 0 Å². The molecule has 0 aliphatic carbocycles. The van der Waals surface area contributed by atoms with Gasteiger partial charge in [0, 0.05) is 6.54 Å². The van der Waals surface area contributed by atoms with E-state index in [1.807, 2.05) is 6.92 Å². The largest absolute Gasteiger partial charge is 0.465 e. The van der Waals surface area contributed by atoms with Crippen molar-refractivity contribution in [3.63, 3.8) is 0 Å². The number of hydrogen-bond acceptors (Lipinski definition) is 4. The Morgan fingerprint density at radius 3 is 2.35 bits per heavy atom. The highest BCUT2D eigenvalue weighted by molar-refractivity contribution is 7.89. The lowest BCUT2D eigenvalue weighted by molar-refractivity contribution is -0.147. The first kappa shape index (κ1) is 19.1. The smallest absolute Gasteiger partial charge is 0.324 e. The SMILES string of the molecule is C=CCC(C(=O)OCC)N(CC=C)S(=O)(=O)c1ccc(C)cc1. The van der Waals surface area contributed by atoms with Gasteiger partial charge in [0.25, 0.3) is 0 Å². The highest BCUT2D eigenvalue weighted by Crippen LogP contribution is 2.21. The van der Waals surface area contributed by atoms with Gasteiger partial charge in [0.15, 0.2) is 0 Å². The number of hydrogen-bond donors (Lipinski definition) is 0. The summed E-state index contributed by atoms with van der Waals surface area (Å²) in [6.45, 7) is 10.9. The number of sulfonamides is 1. The number of carbonyl (C=O) groups excluding carboxylic acids is 1. The molecule has 0 fully saturated rings. The second kappa shape index (κ2) is 8.64. The highest BCUT2D eigenvalue weighted by atomic mass is 32.2. The Morgan fingerprint density at radius 2 is 1.87 bits per heavy atom. The van der Waals surface area contributed by atoms with E-state index in [2.05, 4.69) is 13.2 Å². The van der Waals surface area contributed by atoms with E-state index in [1.54, 1.807) is 19.1 Å². The van der Waals surface area contributed by atoms with Crippen LogP contribution in [0.1, 0.15) is 18.9 Å². The van der Waals surface area contributed by atoms with Crippen molar-refractivity contribution in [2.24, 2.45) is 0 Å². The maximum Gasteiger partial charge on any atom is 0.324 e. The average molecular weight is 337 g/mol. The standard InChI is InChI=1S/C17H23NO4S/c1-5-8-16(17(19)22-7-3)18(13-6-2)23(20,21)15-11-9-14(4)10-12-15/h5-6,9-12,16H,1-2,7-8,13H2,3-4H3. The maximum absolute atomic E-state index is 12.9. The van der Waals surface area contributed by atoms with Gasteiger partial charge in [-0.3, -0.25) is 4.79 Å². The fourth-order valence-electron chi connectivity index (χ4n) is 2.09. The minimum Gasteiger partial charge on any atom is -0.465 e. The van der Waals surface area contributed by atoms with Crippen LogP contribution in [0.3, 0.4) is 0 Å². The Balaban J connectivity index is 3.29. The van der Waals surface area contributed by atoms with Crippen LogP contribution in [0.5, 0.6) is 0 Å². The number of carbonyl (C=O) groups is 1. The molecule has 0 bridgehead atoms. The first-order valence-corrected chi connectivity index (χ1v) is 8.79. The fourth-order valence-corrected chi connectivity index (χ4v) is 3.65. The van der Waals surface area contributed by atoms with E-state index in [-0.39, 0.29) is 24.5 Å². The molecule has 1 atom stereocenters. The van der Waals surface area contributed by atoms with Crippen LogP contribution in [0.25, 0.3) is 0 Å². The summed E-state index contributed by atoms with van der Waals surface area (Å²) >= 11 is 0. The molecule has 126 valence electrons. The molecule has 5 nitrogen and oxygen atoms in total. The number of aryl methyl sites for hydroxylation is 1. The van der Waals surface area contributed by atoms with Crippen LogP contribution < -0.4 is 0 Å². The van der Waals surface area contributed by atoms with Gasteiger partial charge >= 0.3 is 5.97 Å². The van der Waals surface area contributed by atoms with Gasteiger partial charge in [-0.05, 0) is 32.4 Å². The van der Waals surface area contributed by atoms with Crippen molar-refractivity contribution in [1.82, 2.24) is 4.31 Å². The van der Waals surface area contributed by atoms with Crippen molar-refractivity contribution in [2.75, 3.05) is 13.2 Å². The lowest BCUT2D eigenvalue weighted by Gasteiger charge is -2.27. The summed E-state index contributed by atoms with van der Waals surface area (Å²) in [6.07, 6.45) is 3.11. The van der Waals surface area contributed by atoms with Crippen LogP contribution in [-0.2, 0) is 19.6 Å². The van der Waals surface area contributed by atoms with Crippen molar-refractivity contribution >= 4 is 16.0 Å². The molecule has 0 aromatic heterocycles. The highest BCUT2D eigenvalue weighted by Gasteiger charge is 2.35. The predicted molar refractivity (Wildman–Crippen MR) is 90.5 cm³/mol. The second-order valence-corrected chi connectivity index (χ2v) is 6.86. The van der Waals surface area contributed by atoms with Gasteiger partial charge in [-0.2, -0.15) is 4.31 Å². The van der Waals surface area contributed by atoms with Gasteiger partial charge in [-0.15, -0.1) is 13.2 Å². The Bertz CT molecular complexity index is 650. The molecule has 0 saturated heterocycles. The summed E-state index contributed by atoms with van der Waals surface area (Å²) in [5, 5.41) is 0. The molecule has 0 aliphatic heterocycles. The number of benzene rings is 1. The van der Waals surface area contributed by atoms with Crippen molar-refractivity contribution in [2.45, 2.75) is 31.2 Å². The molecule has 0 spiro atoms. The zero-order valence-corrected chi connectivity index (χ0v) is 14.4. The Morgan fingerprint density at radius 1 is 1.26 bits per heavy atom. The van der Waals surface area contributed by atoms with E-state index >= 15 is 0 Å².